The minimum Gasteiger partial charge on any atom is -0.383 e. The third-order valence-corrected chi connectivity index (χ3v) is 6.92. The van der Waals surface area contributed by atoms with Crippen LogP contribution < -0.4 is 5.56 Å². The number of carbonyl (C=O) groups is 1. The van der Waals surface area contributed by atoms with Crippen molar-refractivity contribution >= 4 is 27.6 Å². The van der Waals surface area contributed by atoms with E-state index in [1.807, 2.05) is 98.8 Å². The van der Waals surface area contributed by atoms with Crippen molar-refractivity contribution in [2.75, 3.05) is 20.3 Å². The summed E-state index contributed by atoms with van der Waals surface area (Å²) in [6.07, 6.45) is 0.569. The summed E-state index contributed by atoms with van der Waals surface area (Å²) in [5.41, 5.74) is 2.80. The fourth-order valence-electron chi connectivity index (χ4n) is 5.01. The molecule has 1 amide bonds. The fraction of sp³-hybridized carbons (Fsp3) is 0.219. The van der Waals surface area contributed by atoms with Gasteiger partial charge in [0.25, 0.3) is 11.5 Å². The number of ether oxygens (including phenoxy) is 1. The Bertz CT molecular complexity index is 1670. The van der Waals surface area contributed by atoms with E-state index in [0.29, 0.717) is 41.9 Å². The molecule has 0 radical (unpaired) electrons. The van der Waals surface area contributed by atoms with Gasteiger partial charge in [0.05, 0.1) is 29.2 Å². The lowest BCUT2D eigenvalue weighted by Gasteiger charge is -2.32. The first-order valence-electron chi connectivity index (χ1n) is 12.9. The highest BCUT2D eigenvalue weighted by atomic mass is 16.5. The van der Waals surface area contributed by atoms with Crippen LogP contribution in [0, 0.1) is 6.92 Å². The predicted molar refractivity (Wildman–Crippen MR) is 152 cm³/mol. The van der Waals surface area contributed by atoms with E-state index in [1.54, 1.807) is 22.6 Å². The molecule has 0 saturated carbocycles. The van der Waals surface area contributed by atoms with Crippen molar-refractivity contribution in [3.05, 3.63) is 118 Å². The fourth-order valence-corrected chi connectivity index (χ4v) is 5.01. The average Bonchev–Trinajstić information content (AvgIpc) is 2.94. The lowest BCUT2D eigenvalue weighted by atomic mass is 10.0. The number of hydrogen-bond donors (Lipinski definition) is 0. The molecule has 0 spiro atoms. The molecular weight excluding hydrogens is 474 g/mol. The Balaban J connectivity index is 1.70. The molecule has 0 saturated heterocycles. The zero-order chi connectivity index (χ0) is 26.6. The molecule has 1 aromatic heterocycles. The minimum atomic E-state index is -0.457. The molecule has 0 bridgehead atoms. The Morgan fingerprint density at radius 2 is 1.71 bits per heavy atom. The molecule has 6 heteroatoms. The summed E-state index contributed by atoms with van der Waals surface area (Å²) in [5, 5.41) is 2.61. The number of hydrogen-bond acceptors (Lipinski definition) is 4. The van der Waals surface area contributed by atoms with Gasteiger partial charge in [-0.3, -0.25) is 14.2 Å². The van der Waals surface area contributed by atoms with Crippen molar-refractivity contribution in [3.8, 4) is 5.69 Å². The van der Waals surface area contributed by atoms with E-state index in [-0.39, 0.29) is 11.5 Å². The van der Waals surface area contributed by atoms with Gasteiger partial charge in [-0.05, 0) is 66.1 Å². The highest BCUT2D eigenvalue weighted by molar-refractivity contribution is 5.98. The summed E-state index contributed by atoms with van der Waals surface area (Å²) in [5.74, 6) is 0.407. The number of aryl methyl sites for hydroxylation is 1. The van der Waals surface area contributed by atoms with Gasteiger partial charge in [-0.1, -0.05) is 61.5 Å². The van der Waals surface area contributed by atoms with Gasteiger partial charge < -0.3 is 9.64 Å². The number of carbonyl (C=O) groups excluding carboxylic acids is 1. The lowest BCUT2D eigenvalue weighted by molar-refractivity contribution is 0.0579. The molecule has 1 atom stereocenters. The third kappa shape index (κ3) is 4.83. The summed E-state index contributed by atoms with van der Waals surface area (Å²) in [7, 11) is 1.62. The van der Waals surface area contributed by atoms with Gasteiger partial charge >= 0.3 is 0 Å². The Hall–Kier alpha value is -4.29. The maximum absolute atomic E-state index is 14.1. The molecule has 38 heavy (non-hydrogen) atoms. The van der Waals surface area contributed by atoms with Gasteiger partial charge in [0.2, 0.25) is 0 Å². The summed E-state index contributed by atoms with van der Waals surface area (Å²) in [6, 6.07) is 28.4. The Labute approximate surface area is 222 Å². The molecule has 0 aliphatic carbocycles. The van der Waals surface area contributed by atoms with Gasteiger partial charge in [-0.2, -0.15) is 0 Å². The smallest absolute Gasteiger partial charge is 0.266 e. The van der Waals surface area contributed by atoms with Crippen LogP contribution in [0.1, 0.15) is 41.1 Å². The largest absolute Gasteiger partial charge is 0.383 e. The molecule has 192 valence electrons. The van der Waals surface area contributed by atoms with Gasteiger partial charge in [-0.15, -0.1) is 0 Å². The standard InChI is InChI=1S/C32H31N3O3/c1-4-29(34(18-19-38-3)31(36)25-17-16-23-11-5-6-12-24(23)21-25)30-33-28-15-8-7-14-27(28)32(37)35(30)26-13-9-10-22(2)20-26/h5-17,20-21,29H,4,18-19H2,1-3H3. The second kappa shape index (κ2) is 11.0. The third-order valence-electron chi connectivity index (χ3n) is 6.92. The molecule has 1 heterocycles. The van der Waals surface area contributed by atoms with Crippen LogP contribution in [0.15, 0.2) is 95.8 Å². The van der Waals surface area contributed by atoms with E-state index in [1.165, 1.54) is 0 Å². The quantitative estimate of drug-likeness (QED) is 0.256. The molecule has 4 aromatic carbocycles. The first-order chi connectivity index (χ1) is 18.5. The van der Waals surface area contributed by atoms with Crippen molar-refractivity contribution in [2.45, 2.75) is 26.3 Å². The first-order valence-corrected chi connectivity index (χ1v) is 12.9. The highest BCUT2D eigenvalue weighted by Crippen LogP contribution is 2.28. The van der Waals surface area contributed by atoms with Crippen LogP contribution in [0.5, 0.6) is 0 Å². The molecule has 1 unspecified atom stereocenters. The average molecular weight is 506 g/mol. The molecule has 5 rings (SSSR count). The molecule has 0 aliphatic heterocycles. The number of amides is 1. The summed E-state index contributed by atoms with van der Waals surface area (Å²) < 4.78 is 7.06. The van der Waals surface area contributed by atoms with Crippen LogP contribution in [0.4, 0.5) is 0 Å². The predicted octanol–water partition coefficient (Wildman–Crippen LogP) is 6.09. The normalized spacial score (nSPS) is 12.1. The minimum absolute atomic E-state index is 0.127. The second-order valence-electron chi connectivity index (χ2n) is 9.44. The van der Waals surface area contributed by atoms with E-state index in [0.717, 1.165) is 22.0 Å². The van der Waals surface area contributed by atoms with Crippen LogP contribution >= 0.6 is 0 Å². The van der Waals surface area contributed by atoms with Crippen molar-refractivity contribution < 1.29 is 9.53 Å². The van der Waals surface area contributed by atoms with Crippen LogP contribution in [-0.4, -0.2) is 40.6 Å². The maximum Gasteiger partial charge on any atom is 0.266 e. The number of para-hydroxylation sites is 1. The van der Waals surface area contributed by atoms with Crippen LogP contribution in [0.3, 0.4) is 0 Å². The number of nitrogens with zero attached hydrogens (tertiary/aromatic N) is 3. The Morgan fingerprint density at radius 1 is 0.947 bits per heavy atom. The highest BCUT2D eigenvalue weighted by Gasteiger charge is 2.30. The number of fused-ring (bicyclic) bond motifs is 2. The SMILES string of the molecule is CCC(c1nc2ccccc2c(=O)n1-c1cccc(C)c1)N(CCOC)C(=O)c1ccc2ccccc2c1. The number of rotatable bonds is 8. The van der Waals surface area contributed by atoms with Crippen LogP contribution in [0.2, 0.25) is 0 Å². The van der Waals surface area contributed by atoms with E-state index in [2.05, 4.69) is 0 Å². The summed E-state index contributed by atoms with van der Waals surface area (Å²) >= 11 is 0. The van der Waals surface area contributed by atoms with Gasteiger partial charge in [-0.25, -0.2) is 4.98 Å². The Kier molecular flexibility index (Phi) is 7.33. The number of benzene rings is 4. The van der Waals surface area contributed by atoms with Crippen LogP contribution in [0.25, 0.3) is 27.4 Å². The zero-order valence-corrected chi connectivity index (χ0v) is 21.9. The van der Waals surface area contributed by atoms with Crippen molar-refractivity contribution in [2.24, 2.45) is 0 Å². The molecule has 6 nitrogen and oxygen atoms in total. The van der Waals surface area contributed by atoms with E-state index < -0.39 is 6.04 Å². The van der Waals surface area contributed by atoms with E-state index in [9.17, 15) is 9.59 Å². The number of methoxy groups -OCH3 is 1. The summed E-state index contributed by atoms with van der Waals surface area (Å²) in [4.78, 5) is 34.8. The topological polar surface area (TPSA) is 64.4 Å². The van der Waals surface area contributed by atoms with E-state index >= 15 is 0 Å². The van der Waals surface area contributed by atoms with Crippen LogP contribution in [-0.2, 0) is 4.74 Å². The van der Waals surface area contributed by atoms with Gasteiger partial charge in [0.1, 0.15) is 5.82 Å². The molecule has 0 fully saturated rings. The Morgan fingerprint density at radius 3 is 2.47 bits per heavy atom. The van der Waals surface area contributed by atoms with Gasteiger partial charge in [0, 0.05) is 19.2 Å². The van der Waals surface area contributed by atoms with Crippen molar-refractivity contribution in [1.82, 2.24) is 14.5 Å². The van der Waals surface area contributed by atoms with Crippen molar-refractivity contribution in [1.29, 1.82) is 0 Å². The molecular formula is C32H31N3O3. The second-order valence-corrected chi connectivity index (χ2v) is 9.44. The first kappa shape index (κ1) is 25.4. The van der Waals surface area contributed by atoms with E-state index in [4.69, 9.17) is 9.72 Å². The molecule has 0 N–H and O–H groups in total. The number of aromatic nitrogens is 2. The zero-order valence-electron chi connectivity index (χ0n) is 21.9. The molecule has 0 aliphatic rings. The summed E-state index contributed by atoms with van der Waals surface area (Å²) in [6.45, 7) is 4.73. The van der Waals surface area contributed by atoms with Gasteiger partial charge in [0.15, 0.2) is 0 Å². The van der Waals surface area contributed by atoms with Crippen molar-refractivity contribution in [3.63, 3.8) is 0 Å². The maximum atomic E-state index is 14.1. The molecule has 5 aromatic rings. The monoisotopic (exact) mass is 505 g/mol. The lowest BCUT2D eigenvalue weighted by Crippen LogP contribution is -2.40.